The zero-order valence-corrected chi connectivity index (χ0v) is 53.1. The van der Waals surface area contributed by atoms with Crippen LogP contribution in [-0.4, -0.2) is 62.1 Å². The van der Waals surface area contributed by atoms with Crippen molar-refractivity contribution < 1.29 is 36.8 Å². The van der Waals surface area contributed by atoms with Gasteiger partial charge < -0.3 is 28.4 Å². The van der Waals surface area contributed by atoms with Crippen molar-refractivity contribution in [1.82, 2.24) is 0 Å². The molecule has 0 saturated carbocycles. The van der Waals surface area contributed by atoms with E-state index in [0.717, 1.165) is 113 Å². The molecule has 1 atom stereocenters. The summed E-state index contributed by atoms with van der Waals surface area (Å²) >= 11 is 0. The van der Waals surface area contributed by atoms with Crippen molar-refractivity contribution in [2.75, 3.05) is 48.4 Å². The molecule has 0 aliphatic heterocycles. The summed E-state index contributed by atoms with van der Waals surface area (Å²) in [5.41, 5.74) is 15.2. The van der Waals surface area contributed by atoms with Crippen LogP contribution in [0.5, 0.6) is 23.0 Å². The molecular formula is C70H106O8S. The number of rotatable bonds is 40. The van der Waals surface area contributed by atoms with Crippen LogP contribution in [0.4, 0.5) is 0 Å². The third-order valence-corrected chi connectivity index (χ3v) is 16.8. The van der Waals surface area contributed by atoms with Crippen LogP contribution in [0.2, 0.25) is 0 Å². The van der Waals surface area contributed by atoms with E-state index in [1.165, 1.54) is 56.6 Å². The van der Waals surface area contributed by atoms with E-state index in [0.29, 0.717) is 53.9 Å². The lowest BCUT2D eigenvalue weighted by Crippen LogP contribution is -2.22. The van der Waals surface area contributed by atoms with Crippen molar-refractivity contribution in [3.63, 3.8) is 0 Å². The van der Waals surface area contributed by atoms with Crippen LogP contribution in [0.15, 0.2) is 152 Å². The topological polar surface area (TPSA) is 89.5 Å². The van der Waals surface area contributed by atoms with Crippen molar-refractivity contribution >= 4 is 9.84 Å². The highest BCUT2D eigenvalue weighted by molar-refractivity contribution is 7.92. The predicted molar refractivity (Wildman–Crippen MR) is 337 cm³/mol. The average molecular weight is 1110 g/mol. The zero-order valence-electron chi connectivity index (χ0n) is 52.3. The summed E-state index contributed by atoms with van der Waals surface area (Å²) < 4.78 is 62.9. The second-order valence-electron chi connectivity index (χ2n) is 21.9. The van der Waals surface area contributed by atoms with Gasteiger partial charge in [-0.2, -0.15) is 0 Å². The average Bonchev–Trinajstić information content (AvgIpc) is 3.42. The van der Waals surface area contributed by atoms with Crippen molar-refractivity contribution in [1.29, 1.82) is 0 Å². The minimum atomic E-state index is -3.73. The van der Waals surface area contributed by atoms with Gasteiger partial charge in [0, 0.05) is 18.2 Å². The van der Waals surface area contributed by atoms with Crippen LogP contribution in [0.1, 0.15) is 196 Å². The fraction of sp³-hybridized carbons (Fsp3) is 0.543. The Morgan fingerprint density at radius 2 is 0.823 bits per heavy atom. The molecule has 0 aromatic heterocycles. The summed E-state index contributed by atoms with van der Waals surface area (Å²) in [4.78, 5) is 0.302. The lowest BCUT2D eigenvalue weighted by Gasteiger charge is -2.23. The van der Waals surface area contributed by atoms with Gasteiger partial charge in [-0.05, 0) is 211 Å². The molecule has 0 radical (unpaired) electrons. The number of methoxy groups -OCH3 is 4. The van der Waals surface area contributed by atoms with E-state index in [1.54, 1.807) is 52.7 Å². The highest BCUT2D eigenvalue weighted by Crippen LogP contribution is 2.50. The number of hydrogen-bond donors (Lipinski definition) is 0. The lowest BCUT2D eigenvalue weighted by atomic mass is 9.99. The fourth-order valence-electron chi connectivity index (χ4n) is 9.39. The van der Waals surface area contributed by atoms with Gasteiger partial charge in [0.05, 0.1) is 44.7 Å². The van der Waals surface area contributed by atoms with Gasteiger partial charge in [-0.25, -0.2) is 8.42 Å². The fourth-order valence-corrected chi connectivity index (χ4v) is 11.2. The molecule has 2 rings (SSSR count). The first kappa shape index (κ1) is 70.0. The largest absolute Gasteiger partial charge is 0.492 e. The molecule has 0 aliphatic carbocycles. The Kier molecular flexibility index (Phi) is 35.6. The normalized spacial score (nSPS) is 14.2. The molecule has 8 nitrogen and oxygen atoms in total. The van der Waals surface area contributed by atoms with Gasteiger partial charge in [0.25, 0.3) is 0 Å². The molecule has 0 amide bonds. The van der Waals surface area contributed by atoms with Gasteiger partial charge in [-0.3, -0.25) is 0 Å². The Balaban J connectivity index is 1.92. The summed E-state index contributed by atoms with van der Waals surface area (Å²) in [6.07, 6.45) is 41.5. The Hall–Kier alpha value is -5.09. The summed E-state index contributed by atoms with van der Waals surface area (Å²) in [7, 11) is 2.56. The van der Waals surface area contributed by atoms with E-state index >= 15 is 0 Å². The van der Waals surface area contributed by atoms with E-state index < -0.39 is 15.1 Å². The number of benzene rings is 2. The summed E-state index contributed by atoms with van der Waals surface area (Å²) in [5, 5.41) is -0.768. The van der Waals surface area contributed by atoms with E-state index in [4.69, 9.17) is 28.4 Å². The van der Waals surface area contributed by atoms with Gasteiger partial charge in [0.1, 0.15) is 0 Å². The van der Waals surface area contributed by atoms with Crippen LogP contribution in [-0.2, 0) is 25.7 Å². The van der Waals surface area contributed by atoms with Gasteiger partial charge in [-0.15, -0.1) is 0 Å². The smallest absolute Gasteiger partial charge is 0.207 e. The Morgan fingerprint density at radius 3 is 1.19 bits per heavy atom. The van der Waals surface area contributed by atoms with Gasteiger partial charge in [-0.1, -0.05) is 135 Å². The second-order valence-corrected chi connectivity index (χ2v) is 24.1. The summed E-state index contributed by atoms with van der Waals surface area (Å²) in [6, 6.07) is 8.73. The van der Waals surface area contributed by atoms with Gasteiger partial charge >= 0.3 is 0 Å². The first-order valence-corrected chi connectivity index (χ1v) is 30.7. The highest BCUT2D eigenvalue weighted by Gasteiger charge is 2.29. The molecule has 0 spiro atoms. The Bertz CT molecular complexity index is 2560. The molecular weight excluding hydrogens is 1000 g/mol. The first-order valence-electron chi connectivity index (χ1n) is 29.1. The maximum atomic E-state index is 14.3. The number of sulfone groups is 1. The van der Waals surface area contributed by atoms with Crippen LogP contribution >= 0.6 is 0 Å². The Morgan fingerprint density at radius 1 is 0.456 bits per heavy atom. The van der Waals surface area contributed by atoms with Crippen LogP contribution in [0, 0.1) is 6.92 Å². The molecule has 0 fully saturated rings. The molecule has 79 heavy (non-hydrogen) atoms. The van der Waals surface area contributed by atoms with Crippen molar-refractivity contribution in [2.45, 2.75) is 209 Å². The quantitative estimate of drug-likeness (QED) is 0.0370. The standard InChI is InChI=1S/C70H106O8S/c1-53(2)28-20-29-54(3)30-21-31-55(4)32-22-33-56(5)34-23-35-57(6)36-24-37-58(7)38-25-39-59(8)40-26-41-60(9)42-27-43-61(10)46-49-66(79(71,72)64-44-18-17-19-45-64)62(11)47-48-65-63(12)67(78-52-77-51-50-73-13)69(75-15)70(76-16)68(65)74-14/h17-19,28,30,32,34,36,38,40,42,44-47,66H,20-27,29,31,33,35,37,39,41,43,48-52H2,1-16H3/b54-30+,55-32+,56-34+,57-36+,58-38+,59-40+,60-42+,61-46+,62-47+. The molecule has 0 bridgehead atoms. The molecule has 2 aromatic carbocycles. The molecule has 0 saturated heterocycles. The molecule has 440 valence electrons. The minimum Gasteiger partial charge on any atom is -0.492 e. The maximum absolute atomic E-state index is 14.3. The van der Waals surface area contributed by atoms with Gasteiger partial charge in [0.15, 0.2) is 28.1 Å². The zero-order chi connectivity index (χ0) is 58.6. The van der Waals surface area contributed by atoms with E-state index in [-0.39, 0.29) is 6.79 Å². The molecule has 1 unspecified atom stereocenters. The third-order valence-electron chi connectivity index (χ3n) is 14.6. The number of allylic oxidation sites excluding steroid dienone is 19. The maximum Gasteiger partial charge on any atom is 0.207 e. The molecule has 9 heteroatoms. The molecule has 2 aromatic rings. The monoisotopic (exact) mass is 1110 g/mol. The lowest BCUT2D eigenvalue weighted by molar-refractivity contribution is -0.00994. The predicted octanol–water partition coefficient (Wildman–Crippen LogP) is 19.5. The van der Waals surface area contributed by atoms with E-state index in [1.807, 2.05) is 26.0 Å². The van der Waals surface area contributed by atoms with Gasteiger partial charge in [0.2, 0.25) is 11.5 Å². The van der Waals surface area contributed by atoms with Crippen LogP contribution < -0.4 is 18.9 Å². The highest BCUT2D eigenvalue weighted by atomic mass is 32.2. The summed E-state index contributed by atoms with van der Waals surface area (Å²) in [5.74, 6) is 1.73. The molecule has 0 aliphatic rings. The summed E-state index contributed by atoms with van der Waals surface area (Å²) in [6.45, 7) is 27.0. The van der Waals surface area contributed by atoms with Crippen molar-refractivity contribution in [3.8, 4) is 23.0 Å². The molecule has 0 heterocycles. The van der Waals surface area contributed by atoms with Crippen LogP contribution in [0.25, 0.3) is 0 Å². The first-order chi connectivity index (χ1) is 37.8. The second kappa shape index (κ2) is 40.1. The van der Waals surface area contributed by atoms with Crippen molar-refractivity contribution in [2.24, 2.45) is 0 Å². The minimum absolute atomic E-state index is 0.0212. The van der Waals surface area contributed by atoms with E-state index in [9.17, 15) is 8.42 Å². The third kappa shape index (κ3) is 28.3. The Labute approximate surface area is 482 Å². The molecule has 0 N–H and O–H groups in total. The van der Waals surface area contributed by atoms with E-state index in [2.05, 4.69) is 124 Å². The van der Waals surface area contributed by atoms with Crippen LogP contribution in [0.3, 0.4) is 0 Å². The SMILES string of the molecule is COCCOCOc1c(C)c(C/C=C(\C)C(C/C=C(\C)CC/C=C(\C)CC/C=C(\C)CC/C=C(\C)CC/C=C(\C)CC/C=C(\C)CC/C=C(\C)CC/C=C(\C)CCC=C(C)C)S(=O)(=O)c2ccccc2)c(OC)c(OC)c1OC. The van der Waals surface area contributed by atoms with Crippen molar-refractivity contribution in [3.05, 3.63) is 158 Å². The number of hydrogen-bond acceptors (Lipinski definition) is 8. The number of ether oxygens (including phenoxy) is 6.